The van der Waals surface area contributed by atoms with E-state index in [0.717, 1.165) is 38.9 Å². The number of anilines is 1. The molecule has 9 heteroatoms. The number of nitrogens with zero attached hydrogens (tertiary/aromatic N) is 1. The van der Waals surface area contributed by atoms with Crippen LogP contribution in [-0.4, -0.2) is 34.6 Å². The van der Waals surface area contributed by atoms with Crippen molar-refractivity contribution in [2.45, 2.75) is 51.5 Å². The van der Waals surface area contributed by atoms with Gasteiger partial charge in [0.15, 0.2) is 0 Å². The van der Waals surface area contributed by atoms with Crippen molar-refractivity contribution in [2.75, 3.05) is 24.6 Å². The summed E-state index contributed by atoms with van der Waals surface area (Å²) in [4.78, 5) is 13.2. The van der Waals surface area contributed by atoms with E-state index in [1.54, 1.807) is 19.2 Å². The lowest BCUT2D eigenvalue weighted by atomic mass is 9.93. The summed E-state index contributed by atoms with van der Waals surface area (Å²) in [5.41, 5.74) is 3.04. The molecule has 0 radical (unpaired) electrons. The number of hydrogen-bond acceptors (Lipinski definition) is 5. The van der Waals surface area contributed by atoms with Crippen molar-refractivity contribution in [1.29, 1.82) is 0 Å². The van der Waals surface area contributed by atoms with Crippen LogP contribution in [0.25, 0.3) is 0 Å². The van der Waals surface area contributed by atoms with Gasteiger partial charge in [0.1, 0.15) is 23.9 Å². The number of halogens is 1. The number of ether oxygens (including phenoxy) is 2. The van der Waals surface area contributed by atoms with E-state index in [2.05, 4.69) is 19.2 Å². The first-order valence-corrected chi connectivity index (χ1v) is 13.9. The van der Waals surface area contributed by atoms with Gasteiger partial charge in [-0.05, 0) is 104 Å². The molecular formula is C29H35FN2O5S. The Hall–Kier alpha value is -3.59. The van der Waals surface area contributed by atoms with Crippen molar-refractivity contribution in [2.24, 2.45) is 0 Å². The molecule has 0 spiro atoms. The average Bonchev–Trinajstić information content (AvgIpc) is 2.87. The summed E-state index contributed by atoms with van der Waals surface area (Å²) in [6.07, 6.45) is 0. The highest BCUT2D eigenvalue weighted by Gasteiger charge is 2.28. The summed E-state index contributed by atoms with van der Waals surface area (Å²) in [6.45, 7) is 9.69. The monoisotopic (exact) mass is 542 g/mol. The SMILES string of the molecule is CCOc1ccc(S(=O)(=O)N(CC(=O)NC(C)c2cc(C(C)C)c(OC)cc2C)c2ccc(F)cc2)cc1. The normalized spacial score (nSPS) is 12.2. The summed E-state index contributed by atoms with van der Waals surface area (Å²) in [6, 6.07) is 14.5. The predicted octanol–water partition coefficient (Wildman–Crippen LogP) is 5.74. The van der Waals surface area contributed by atoms with Crippen LogP contribution >= 0.6 is 0 Å². The minimum atomic E-state index is -4.15. The lowest BCUT2D eigenvalue weighted by Crippen LogP contribution is -2.41. The molecule has 0 aromatic heterocycles. The van der Waals surface area contributed by atoms with Crippen molar-refractivity contribution in [3.8, 4) is 11.5 Å². The van der Waals surface area contributed by atoms with Gasteiger partial charge in [0.25, 0.3) is 10.0 Å². The molecule has 1 unspecified atom stereocenters. The first-order chi connectivity index (χ1) is 18.0. The van der Waals surface area contributed by atoms with E-state index >= 15 is 0 Å². The number of sulfonamides is 1. The Morgan fingerprint density at radius 3 is 2.18 bits per heavy atom. The number of benzene rings is 3. The van der Waals surface area contributed by atoms with Gasteiger partial charge in [-0.1, -0.05) is 13.8 Å². The zero-order chi connectivity index (χ0) is 28.0. The Bertz CT molecular complexity index is 1360. The molecule has 7 nitrogen and oxygen atoms in total. The maximum absolute atomic E-state index is 13.6. The van der Waals surface area contributed by atoms with Crippen LogP contribution in [0.5, 0.6) is 11.5 Å². The zero-order valence-corrected chi connectivity index (χ0v) is 23.4. The summed E-state index contributed by atoms with van der Waals surface area (Å²) in [5, 5.41) is 2.92. The Kier molecular flexibility index (Phi) is 9.38. The molecule has 0 saturated carbocycles. The van der Waals surface area contributed by atoms with Crippen LogP contribution in [0, 0.1) is 12.7 Å². The molecular weight excluding hydrogens is 507 g/mol. The number of nitrogens with one attached hydrogen (secondary N) is 1. The van der Waals surface area contributed by atoms with Gasteiger partial charge in [-0.2, -0.15) is 0 Å². The van der Waals surface area contributed by atoms with Gasteiger partial charge < -0.3 is 14.8 Å². The largest absolute Gasteiger partial charge is 0.496 e. The summed E-state index contributed by atoms with van der Waals surface area (Å²) >= 11 is 0. The third kappa shape index (κ3) is 6.64. The molecule has 0 bridgehead atoms. The molecule has 1 atom stereocenters. The highest BCUT2D eigenvalue weighted by molar-refractivity contribution is 7.92. The van der Waals surface area contributed by atoms with E-state index in [4.69, 9.17) is 9.47 Å². The first kappa shape index (κ1) is 29.0. The smallest absolute Gasteiger partial charge is 0.264 e. The van der Waals surface area contributed by atoms with Crippen LogP contribution in [0.1, 0.15) is 56.3 Å². The predicted molar refractivity (Wildman–Crippen MR) is 147 cm³/mol. The zero-order valence-electron chi connectivity index (χ0n) is 22.6. The van der Waals surface area contributed by atoms with Crippen LogP contribution in [0.15, 0.2) is 65.6 Å². The molecule has 0 aliphatic heterocycles. The summed E-state index contributed by atoms with van der Waals surface area (Å²) < 4.78 is 52.8. The minimum Gasteiger partial charge on any atom is -0.496 e. The third-order valence-electron chi connectivity index (χ3n) is 6.21. The first-order valence-electron chi connectivity index (χ1n) is 12.5. The van der Waals surface area contributed by atoms with Crippen LogP contribution in [0.3, 0.4) is 0 Å². The number of rotatable bonds is 11. The van der Waals surface area contributed by atoms with E-state index in [1.807, 2.05) is 32.9 Å². The molecule has 0 aliphatic carbocycles. The van der Waals surface area contributed by atoms with Crippen LogP contribution in [-0.2, 0) is 14.8 Å². The second-order valence-electron chi connectivity index (χ2n) is 9.29. The van der Waals surface area contributed by atoms with E-state index in [1.165, 1.54) is 24.3 Å². The Morgan fingerprint density at radius 2 is 1.63 bits per heavy atom. The Morgan fingerprint density at radius 1 is 1.00 bits per heavy atom. The maximum atomic E-state index is 13.6. The fourth-order valence-electron chi connectivity index (χ4n) is 4.23. The number of carbonyl (C=O) groups excluding carboxylic acids is 1. The van der Waals surface area contributed by atoms with Crippen LogP contribution in [0.4, 0.5) is 10.1 Å². The van der Waals surface area contributed by atoms with Crippen molar-refractivity contribution in [1.82, 2.24) is 5.32 Å². The van der Waals surface area contributed by atoms with Gasteiger partial charge in [0.05, 0.1) is 30.3 Å². The van der Waals surface area contributed by atoms with E-state index in [-0.39, 0.29) is 16.5 Å². The second kappa shape index (κ2) is 12.3. The maximum Gasteiger partial charge on any atom is 0.264 e. The standard InChI is InChI=1S/C29H35FN2O5S/c1-7-37-24-12-14-25(15-13-24)38(34,35)32(23-10-8-22(30)9-11-23)18-29(33)31-21(5)27-17-26(19(2)3)28(36-6)16-20(27)4/h8-17,19,21H,7,18H2,1-6H3,(H,31,33). The van der Waals surface area contributed by atoms with Gasteiger partial charge in [-0.15, -0.1) is 0 Å². The molecule has 0 heterocycles. The van der Waals surface area contributed by atoms with Crippen molar-refractivity contribution < 1.29 is 27.1 Å². The number of hydrogen-bond donors (Lipinski definition) is 1. The fourth-order valence-corrected chi connectivity index (χ4v) is 5.65. The van der Waals surface area contributed by atoms with Crippen molar-refractivity contribution >= 4 is 21.6 Å². The number of methoxy groups -OCH3 is 1. The molecule has 3 aromatic rings. The molecule has 3 rings (SSSR count). The topological polar surface area (TPSA) is 84.9 Å². The van der Waals surface area contributed by atoms with Crippen LogP contribution in [0.2, 0.25) is 0 Å². The molecule has 0 aliphatic rings. The van der Waals surface area contributed by atoms with E-state index < -0.39 is 34.3 Å². The lowest BCUT2D eigenvalue weighted by Gasteiger charge is -2.26. The van der Waals surface area contributed by atoms with Gasteiger partial charge in [-0.3, -0.25) is 9.10 Å². The van der Waals surface area contributed by atoms with E-state index in [9.17, 15) is 17.6 Å². The number of aryl methyl sites for hydroxylation is 1. The summed E-state index contributed by atoms with van der Waals surface area (Å²) in [5.74, 6) is 0.505. The van der Waals surface area contributed by atoms with E-state index in [0.29, 0.717) is 12.4 Å². The highest BCUT2D eigenvalue weighted by atomic mass is 32.2. The lowest BCUT2D eigenvalue weighted by molar-refractivity contribution is -0.120. The quantitative estimate of drug-likeness (QED) is 0.334. The fraction of sp³-hybridized carbons (Fsp3) is 0.345. The molecule has 38 heavy (non-hydrogen) atoms. The van der Waals surface area contributed by atoms with Gasteiger partial charge in [0.2, 0.25) is 5.91 Å². The average molecular weight is 543 g/mol. The molecule has 0 fully saturated rings. The number of amides is 1. The third-order valence-corrected chi connectivity index (χ3v) is 8.00. The molecule has 1 N–H and O–H groups in total. The Labute approximate surface area is 224 Å². The minimum absolute atomic E-state index is 0.0151. The second-order valence-corrected chi connectivity index (χ2v) is 11.1. The number of carbonyl (C=O) groups is 1. The van der Waals surface area contributed by atoms with Crippen molar-refractivity contribution in [3.63, 3.8) is 0 Å². The van der Waals surface area contributed by atoms with Gasteiger partial charge in [0, 0.05) is 0 Å². The summed E-state index contributed by atoms with van der Waals surface area (Å²) in [7, 11) is -2.53. The van der Waals surface area contributed by atoms with Gasteiger partial charge in [-0.25, -0.2) is 12.8 Å². The van der Waals surface area contributed by atoms with Crippen molar-refractivity contribution in [3.05, 3.63) is 83.2 Å². The molecule has 204 valence electrons. The molecule has 1 amide bonds. The van der Waals surface area contributed by atoms with Gasteiger partial charge >= 0.3 is 0 Å². The Balaban J connectivity index is 1.90. The molecule has 0 saturated heterocycles. The molecule has 3 aromatic carbocycles. The highest BCUT2D eigenvalue weighted by Crippen LogP contribution is 2.32. The van der Waals surface area contributed by atoms with Crippen LogP contribution < -0.4 is 19.1 Å².